The lowest BCUT2D eigenvalue weighted by atomic mass is 9.65. The second-order valence-corrected chi connectivity index (χ2v) is 12.1. The van der Waals surface area contributed by atoms with Gasteiger partial charge in [-0.1, -0.05) is 17.7 Å². The first-order valence-corrected chi connectivity index (χ1v) is 14.8. The zero-order chi connectivity index (χ0) is 29.8. The minimum absolute atomic E-state index is 0.413. The van der Waals surface area contributed by atoms with E-state index in [4.69, 9.17) is 16.7 Å². The largest absolute Gasteiger partial charge is 0.306 e. The average molecular weight is 597 g/mol. The molecule has 0 bridgehead atoms. The third-order valence-corrected chi connectivity index (χ3v) is 9.66. The summed E-state index contributed by atoms with van der Waals surface area (Å²) in [4.78, 5) is 13.1. The van der Waals surface area contributed by atoms with Crippen LogP contribution in [0, 0.1) is 25.7 Å². The van der Waals surface area contributed by atoms with E-state index < -0.39 is 0 Å². The van der Waals surface area contributed by atoms with Gasteiger partial charge in [0, 0.05) is 46.7 Å². The van der Waals surface area contributed by atoms with Crippen molar-refractivity contribution in [3.8, 4) is 22.4 Å². The van der Waals surface area contributed by atoms with Crippen LogP contribution < -0.4 is 0 Å². The van der Waals surface area contributed by atoms with Crippen LogP contribution in [0.3, 0.4) is 0 Å². The molecule has 43 heavy (non-hydrogen) atoms. The van der Waals surface area contributed by atoms with Crippen LogP contribution in [0.5, 0.6) is 0 Å². The van der Waals surface area contributed by atoms with Gasteiger partial charge < -0.3 is 4.90 Å². The maximum Gasteiger partial charge on any atom is 0.252 e. The topological polar surface area (TPSA) is 115 Å². The van der Waals surface area contributed by atoms with Crippen molar-refractivity contribution in [1.29, 1.82) is 0 Å². The van der Waals surface area contributed by atoms with Crippen LogP contribution in [0.2, 0.25) is 5.02 Å². The fourth-order valence-corrected chi connectivity index (χ4v) is 7.13. The molecule has 3 atom stereocenters. The van der Waals surface area contributed by atoms with Crippen molar-refractivity contribution >= 4 is 39.8 Å². The monoisotopic (exact) mass is 596 g/mol. The number of piperidine rings is 1. The summed E-state index contributed by atoms with van der Waals surface area (Å²) in [5.41, 5.74) is 8.47. The molecular formula is C31H33ClN10O. The smallest absolute Gasteiger partial charge is 0.252 e. The minimum Gasteiger partial charge on any atom is -0.306 e. The Kier molecular flexibility index (Phi) is 6.86. The highest BCUT2D eigenvalue weighted by Gasteiger charge is 2.46. The quantitative estimate of drug-likeness (QED) is 0.282. The van der Waals surface area contributed by atoms with E-state index in [1.165, 1.54) is 37.5 Å². The van der Waals surface area contributed by atoms with Crippen LogP contribution in [0.15, 0.2) is 49.1 Å². The first-order valence-electron chi connectivity index (χ1n) is 14.5. The van der Waals surface area contributed by atoms with Crippen LogP contribution in [-0.2, 0) is 11.8 Å². The standard InChI is InChI=1S/C28H30ClN7.C3H3N3O/c1-15-9-22-20(13-30-32-22)26(27(15)29)25-16(2)36(24-11-17-7-8-34(3)14-21(17)24)33-28(25)18-5-6-23-19(10-18)12-31-35(23)4;7-3-6-4-1-2-5-6/h5-6,9-10,12-13,17,21,24H,7-8,11,14H2,1-4H3,(H,30,32);1-3H. The normalized spacial score (nSPS) is 20.1. The number of aromatic amines is 1. The molecule has 1 saturated carbocycles. The van der Waals surface area contributed by atoms with Gasteiger partial charge in [-0.25, -0.2) is 0 Å². The van der Waals surface area contributed by atoms with Crippen molar-refractivity contribution in [3.05, 3.63) is 65.3 Å². The number of H-pyrrole nitrogens is 1. The predicted molar refractivity (Wildman–Crippen MR) is 166 cm³/mol. The van der Waals surface area contributed by atoms with Crippen LogP contribution in [0.1, 0.15) is 30.1 Å². The molecule has 3 unspecified atom stereocenters. The number of nitrogens with zero attached hydrogens (tertiary/aromatic N) is 9. The Morgan fingerprint density at radius 2 is 1.86 bits per heavy atom. The molecule has 8 rings (SSSR count). The van der Waals surface area contributed by atoms with Crippen molar-refractivity contribution in [1.82, 2.24) is 49.7 Å². The highest BCUT2D eigenvalue weighted by Crippen LogP contribution is 2.51. The number of carbonyl (C=O) groups is 1. The minimum atomic E-state index is 0.413. The van der Waals surface area contributed by atoms with E-state index >= 15 is 0 Å². The van der Waals surface area contributed by atoms with Crippen molar-refractivity contribution in [2.24, 2.45) is 18.9 Å². The lowest BCUT2D eigenvalue weighted by Gasteiger charge is -2.50. The summed E-state index contributed by atoms with van der Waals surface area (Å²) in [6.45, 7) is 6.60. The summed E-state index contributed by atoms with van der Waals surface area (Å²) in [5.74, 6) is 1.45. The number of likely N-dealkylation sites (tertiary alicyclic amines) is 1. The summed E-state index contributed by atoms with van der Waals surface area (Å²) >= 11 is 7.06. The van der Waals surface area contributed by atoms with Crippen LogP contribution in [0.4, 0.5) is 0 Å². The summed E-state index contributed by atoms with van der Waals surface area (Å²) < 4.78 is 4.22. The summed E-state index contributed by atoms with van der Waals surface area (Å²) in [6.07, 6.45) is 9.70. The zero-order valence-electron chi connectivity index (χ0n) is 24.6. The molecule has 2 aliphatic rings. The van der Waals surface area contributed by atoms with Crippen LogP contribution >= 0.6 is 11.6 Å². The molecule has 2 aromatic carbocycles. The van der Waals surface area contributed by atoms with Gasteiger partial charge in [-0.2, -0.15) is 25.5 Å². The van der Waals surface area contributed by atoms with Gasteiger partial charge in [0.1, 0.15) is 5.69 Å². The molecule has 1 saturated heterocycles. The van der Waals surface area contributed by atoms with E-state index in [0.717, 1.165) is 72.0 Å². The van der Waals surface area contributed by atoms with E-state index in [1.54, 1.807) is 0 Å². The average Bonchev–Trinajstić information content (AvgIpc) is 3.81. The molecule has 12 heteroatoms. The maximum atomic E-state index is 9.71. The molecule has 6 aromatic rings. The SMILES string of the molecule is Cc1cc2[nH]ncc2c(-c2c(-c3ccc4c(cnn4C)c3)nn(C3CC4CCN(C)CC43)c2C)c1Cl.O=Cn1nccn1. The molecule has 2 fully saturated rings. The molecule has 1 aliphatic heterocycles. The molecule has 0 radical (unpaired) electrons. The molecule has 0 spiro atoms. The second-order valence-electron chi connectivity index (χ2n) is 11.7. The van der Waals surface area contributed by atoms with Crippen LogP contribution in [0.25, 0.3) is 44.2 Å². The summed E-state index contributed by atoms with van der Waals surface area (Å²) in [6, 6.07) is 8.98. The molecule has 4 aromatic heterocycles. The number of rotatable bonds is 4. The lowest BCUT2D eigenvalue weighted by Crippen LogP contribution is -2.50. The third kappa shape index (κ3) is 4.63. The number of hydrogen-bond acceptors (Lipinski definition) is 7. The Bertz CT molecular complexity index is 1950. The highest BCUT2D eigenvalue weighted by molar-refractivity contribution is 6.36. The van der Waals surface area contributed by atoms with Crippen molar-refractivity contribution < 1.29 is 4.79 Å². The van der Waals surface area contributed by atoms with Gasteiger partial charge in [-0.05, 0) is 75.9 Å². The van der Waals surface area contributed by atoms with E-state index in [0.29, 0.717) is 18.4 Å². The summed E-state index contributed by atoms with van der Waals surface area (Å²) in [7, 11) is 4.21. The number of carbonyl (C=O) groups excluding carboxylic acids is 1. The number of hydrogen-bond donors (Lipinski definition) is 1. The maximum absolute atomic E-state index is 9.71. The molecule has 11 nitrogen and oxygen atoms in total. The van der Waals surface area contributed by atoms with Crippen molar-refractivity contribution in [3.63, 3.8) is 0 Å². The molecule has 1 aliphatic carbocycles. The Labute approximate surface area is 253 Å². The van der Waals surface area contributed by atoms with Gasteiger partial charge in [0.05, 0.1) is 46.9 Å². The van der Waals surface area contributed by atoms with E-state index in [-0.39, 0.29) is 0 Å². The van der Waals surface area contributed by atoms with Gasteiger partial charge in [-0.15, -0.1) is 4.80 Å². The first-order chi connectivity index (χ1) is 20.8. The zero-order valence-corrected chi connectivity index (χ0v) is 25.3. The highest BCUT2D eigenvalue weighted by atomic mass is 35.5. The molecular weight excluding hydrogens is 564 g/mol. The Morgan fingerprint density at radius 3 is 2.63 bits per heavy atom. The van der Waals surface area contributed by atoms with Crippen molar-refractivity contribution in [2.45, 2.75) is 32.7 Å². The fourth-order valence-electron chi connectivity index (χ4n) is 6.88. The van der Waals surface area contributed by atoms with E-state index in [9.17, 15) is 4.79 Å². The number of benzene rings is 2. The number of nitrogens with one attached hydrogen (secondary N) is 1. The van der Waals surface area contributed by atoms with E-state index in [2.05, 4.69) is 80.2 Å². The summed E-state index contributed by atoms with van der Waals surface area (Å²) in [5, 5.41) is 27.1. The van der Waals surface area contributed by atoms with Gasteiger partial charge in [-0.3, -0.25) is 19.3 Å². The number of fused-ring (bicyclic) bond motifs is 3. The third-order valence-electron chi connectivity index (χ3n) is 9.18. The molecule has 220 valence electrons. The predicted octanol–water partition coefficient (Wildman–Crippen LogP) is 5.08. The van der Waals surface area contributed by atoms with Crippen LogP contribution in [-0.4, -0.2) is 76.2 Å². The lowest BCUT2D eigenvalue weighted by molar-refractivity contribution is -0.00324. The number of aryl methyl sites for hydroxylation is 2. The Hall–Kier alpha value is -4.35. The van der Waals surface area contributed by atoms with Gasteiger partial charge in [0.2, 0.25) is 0 Å². The van der Waals surface area contributed by atoms with E-state index in [1.807, 2.05) is 24.1 Å². The number of halogens is 1. The number of aromatic nitrogens is 9. The van der Waals surface area contributed by atoms with Gasteiger partial charge >= 0.3 is 0 Å². The molecule has 1 N–H and O–H groups in total. The van der Waals surface area contributed by atoms with Gasteiger partial charge in [0.25, 0.3) is 6.41 Å². The fraction of sp³-hybridized carbons (Fsp3) is 0.355. The second kappa shape index (κ2) is 10.7. The van der Waals surface area contributed by atoms with Gasteiger partial charge in [0.15, 0.2) is 0 Å². The first kappa shape index (κ1) is 27.5. The Balaban J connectivity index is 0.000000379. The van der Waals surface area contributed by atoms with Crippen molar-refractivity contribution in [2.75, 3.05) is 20.1 Å². The molecule has 5 heterocycles. The molecule has 0 amide bonds. The Morgan fingerprint density at radius 1 is 1.05 bits per heavy atom.